The maximum atomic E-state index is 13.1. The predicted octanol–water partition coefficient (Wildman–Crippen LogP) is 1.62. The van der Waals surface area contributed by atoms with Crippen LogP contribution in [-0.4, -0.2) is 37.0 Å². The molecule has 0 radical (unpaired) electrons. The van der Waals surface area contributed by atoms with Crippen LogP contribution >= 0.6 is 0 Å². The van der Waals surface area contributed by atoms with E-state index in [9.17, 15) is 13.6 Å². The molecule has 0 heterocycles. The predicted molar refractivity (Wildman–Crippen MR) is 70.9 cm³/mol. The first-order valence-electron chi connectivity index (χ1n) is 6.06. The van der Waals surface area contributed by atoms with Gasteiger partial charge in [-0.2, -0.15) is 0 Å². The number of benzene rings is 1. The molecule has 0 aromatic heterocycles. The number of halogens is 2. The number of carbonyl (C=O) groups is 1. The summed E-state index contributed by atoms with van der Waals surface area (Å²) in [6.45, 7) is 5.14. The van der Waals surface area contributed by atoms with Crippen molar-refractivity contribution in [3.63, 3.8) is 0 Å². The number of amides is 1. The summed E-state index contributed by atoms with van der Waals surface area (Å²) in [5, 5.41) is 2.62. The van der Waals surface area contributed by atoms with Crippen LogP contribution in [0.3, 0.4) is 0 Å². The van der Waals surface area contributed by atoms with E-state index in [4.69, 9.17) is 5.73 Å². The molecule has 0 aliphatic carbocycles. The third-order valence-electron chi connectivity index (χ3n) is 2.97. The van der Waals surface area contributed by atoms with Gasteiger partial charge in [0.15, 0.2) is 11.6 Å². The first-order valence-corrected chi connectivity index (χ1v) is 6.06. The highest BCUT2D eigenvalue weighted by Crippen LogP contribution is 2.16. The van der Waals surface area contributed by atoms with Gasteiger partial charge in [0.05, 0.1) is 5.56 Å². The first kappa shape index (κ1) is 15.4. The minimum absolute atomic E-state index is 0.0499. The summed E-state index contributed by atoms with van der Waals surface area (Å²) < 4.78 is 25.9. The number of likely N-dealkylation sites (N-methyl/N-ethyl adjacent to an activating group) is 1. The number of hydrogen-bond acceptors (Lipinski definition) is 3. The molecule has 0 saturated heterocycles. The van der Waals surface area contributed by atoms with E-state index in [2.05, 4.69) is 10.2 Å². The second-order valence-corrected chi connectivity index (χ2v) is 4.68. The fraction of sp³-hybridized carbons (Fsp3) is 0.462. The summed E-state index contributed by atoms with van der Waals surface area (Å²) in [4.78, 5) is 13.8. The fourth-order valence-corrected chi connectivity index (χ4v) is 1.46. The van der Waals surface area contributed by atoms with E-state index in [1.165, 1.54) is 0 Å². The van der Waals surface area contributed by atoms with Crippen molar-refractivity contribution in [2.24, 2.45) is 0 Å². The Balaban J connectivity index is 2.62. The molecule has 3 N–H and O–H groups in total. The minimum Gasteiger partial charge on any atom is -0.398 e. The second-order valence-electron chi connectivity index (χ2n) is 4.68. The molecule has 19 heavy (non-hydrogen) atoms. The number of hydrogen-bond donors (Lipinski definition) is 2. The molecule has 1 amide bonds. The zero-order valence-electron chi connectivity index (χ0n) is 11.3. The van der Waals surface area contributed by atoms with Crippen LogP contribution in [-0.2, 0) is 0 Å². The third kappa shape index (κ3) is 4.17. The summed E-state index contributed by atoms with van der Waals surface area (Å²) in [6, 6.07) is 1.99. The van der Waals surface area contributed by atoms with Gasteiger partial charge in [-0.1, -0.05) is 0 Å². The standard InChI is InChI=1S/C13H19F2N3O/c1-8(2)18(3)5-4-17-13(19)9-6-10(14)11(15)7-12(9)16/h6-8H,4-5,16H2,1-3H3,(H,17,19). The normalized spacial score (nSPS) is 11.1. The Hall–Kier alpha value is -1.69. The highest BCUT2D eigenvalue weighted by molar-refractivity contribution is 5.99. The molecule has 0 aliphatic rings. The van der Waals surface area contributed by atoms with E-state index in [1.807, 2.05) is 20.9 Å². The maximum Gasteiger partial charge on any atom is 0.253 e. The van der Waals surface area contributed by atoms with E-state index in [0.717, 1.165) is 12.1 Å². The van der Waals surface area contributed by atoms with Crippen molar-refractivity contribution in [3.05, 3.63) is 29.3 Å². The lowest BCUT2D eigenvalue weighted by molar-refractivity contribution is 0.0948. The van der Waals surface area contributed by atoms with Gasteiger partial charge in [0, 0.05) is 30.9 Å². The Morgan fingerprint density at radius 1 is 1.37 bits per heavy atom. The summed E-state index contributed by atoms with van der Waals surface area (Å²) in [5.41, 5.74) is 5.37. The van der Waals surface area contributed by atoms with E-state index < -0.39 is 17.5 Å². The molecule has 4 nitrogen and oxygen atoms in total. The van der Waals surface area contributed by atoms with Crippen LogP contribution in [0.5, 0.6) is 0 Å². The van der Waals surface area contributed by atoms with E-state index >= 15 is 0 Å². The van der Waals surface area contributed by atoms with E-state index in [-0.39, 0.29) is 11.3 Å². The lowest BCUT2D eigenvalue weighted by atomic mass is 10.1. The number of nitrogens with two attached hydrogens (primary N) is 1. The summed E-state index contributed by atoms with van der Waals surface area (Å²) in [7, 11) is 1.93. The molecule has 0 aliphatic heterocycles. The van der Waals surface area contributed by atoms with Gasteiger partial charge in [0.2, 0.25) is 0 Å². The zero-order chi connectivity index (χ0) is 14.6. The van der Waals surface area contributed by atoms with Gasteiger partial charge in [-0.05, 0) is 27.0 Å². The maximum absolute atomic E-state index is 13.1. The van der Waals surface area contributed by atoms with Gasteiger partial charge >= 0.3 is 0 Å². The molecular formula is C13H19F2N3O. The summed E-state index contributed by atoms with van der Waals surface area (Å²) >= 11 is 0. The fourth-order valence-electron chi connectivity index (χ4n) is 1.46. The van der Waals surface area contributed by atoms with Gasteiger partial charge in [-0.15, -0.1) is 0 Å². The summed E-state index contributed by atoms with van der Waals surface area (Å²) in [5.74, 6) is -2.65. The number of nitrogens with zero attached hydrogens (tertiary/aromatic N) is 1. The van der Waals surface area contributed by atoms with E-state index in [0.29, 0.717) is 19.1 Å². The Morgan fingerprint density at radius 2 is 1.95 bits per heavy atom. The van der Waals surface area contributed by atoms with Crippen molar-refractivity contribution in [1.82, 2.24) is 10.2 Å². The van der Waals surface area contributed by atoms with Crippen molar-refractivity contribution in [2.75, 3.05) is 25.9 Å². The Bertz CT molecular complexity index is 463. The lowest BCUT2D eigenvalue weighted by Gasteiger charge is -2.21. The average molecular weight is 271 g/mol. The van der Waals surface area contributed by atoms with E-state index in [1.54, 1.807) is 0 Å². The number of rotatable bonds is 5. The Morgan fingerprint density at radius 3 is 2.53 bits per heavy atom. The molecule has 1 aromatic rings. The molecule has 0 fully saturated rings. The van der Waals surface area contributed by atoms with Crippen LogP contribution in [0.4, 0.5) is 14.5 Å². The molecule has 0 spiro atoms. The molecule has 1 aromatic carbocycles. The van der Waals surface area contributed by atoms with Crippen molar-refractivity contribution >= 4 is 11.6 Å². The molecule has 0 atom stereocenters. The van der Waals surface area contributed by atoms with Crippen LogP contribution in [0.1, 0.15) is 24.2 Å². The number of nitrogen functional groups attached to an aromatic ring is 1. The molecule has 106 valence electrons. The molecule has 0 unspecified atom stereocenters. The number of nitrogens with one attached hydrogen (secondary N) is 1. The SMILES string of the molecule is CC(C)N(C)CCNC(=O)c1cc(F)c(F)cc1N. The lowest BCUT2D eigenvalue weighted by Crippen LogP contribution is -2.36. The minimum atomic E-state index is -1.08. The Labute approximate surface area is 111 Å². The van der Waals surface area contributed by atoms with Crippen molar-refractivity contribution in [1.29, 1.82) is 0 Å². The second kappa shape index (κ2) is 6.47. The van der Waals surface area contributed by atoms with Gasteiger partial charge in [0.1, 0.15) is 0 Å². The van der Waals surface area contributed by atoms with Crippen LogP contribution < -0.4 is 11.1 Å². The zero-order valence-corrected chi connectivity index (χ0v) is 11.3. The van der Waals surface area contributed by atoms with Crippen molar-refractivity contribution in [2.45, 2.75) is 19.9 Å². The summed E-state index contributed by atoms with van der Waals surface area (Å²) in [6.07, 6.45) is 0. The Kier molecular flexibility index (Phi) is 5.23. The highest BCUT2D eigenvalue weighted by atomic mass is 19.2. The number of anilines is 1. The highest BCUT2D eigenvalue weighted by Gasteiger charge is 2.14. The first-order chi connectivity index (χ1) is 8.82. The largest absolute Gasteiger partial charge is 0.398 e. The molecular weight excluding hydrogens is 252 g/mol. The quantitative estimate of drug-likeness (QED) is 0.800. The van der Waals surface area contributed by atoms with Gasteiger partial charge < -0.3 is 16.0 Å². The van der Waals surface area contributed by atoms with Crippen molar-refractivity contribution < 1.29 is 13.6 Å². The molecule has 1 rings (SSSR count). The average Bonchev–Trinajstić information content (AvgIpc) is 2.33. The smallest absolute Gasteiger partial charge is 0.253 e. The van der Waals surface area contributed by atoms with Crippen LogP contribution in [0.25, 0.3) is 0 Å². The molecule has 0 bridgehead atoms. The van der Waals surface area contributed by atoms with Crippen LogP contribution in [0.2, 0.25) is 0 Å². The van der Waals surface area contributed by atoms with Crippen molar-refractivity contribution in [3.8, 4) is 0 Å². The van der Waals surface area contributed by atoms with Crippen LogP contribution in [0.15, 0.2) is 12.1 Å². The molecule has 0 saturated carbocycles. The van der Waals surface area contributed by atoms with Gasteiger partial charge in [-0.25, -0.2) is 8.78 Å². The topological polar surface area (TPSA) is 58.4 Å². The van der Waals surface area contributed by atoms with Crippen LogP contribution in [0, 0.1) is 11.6 Å². The molecule has 6 heteroatoms. The third-order valence-corrected chi connectivity index (χ3v) is 2.97. The van der Waals surface area contributed by atoms with Gasteiger partial charge in [-0.3, -0.25) is 4.79 Å². The number of carbonyl (C=O) groups excluding carboxylic acids is 1. The monoisotopic (exact) mass is 271 g/mol. The van der Waals surface area contributed by atoms with Gasteiger partial charge in [0.25, 0.3) is 5.91 Å².